The molecular weight excluding hydrogens is 251 g/mol. The summed E-state index contributed by atoms with van der Waals surface area (Å²) in [7, 11) is 0. The number of halogens is 1. The summed E-state index contributed by atoms with van der Waals surface area (Å²) in [5.41, 5.74) is 1.22. The van der Waals surface area contributed by atoms with Crippen LogP contribution in [0.2, 0.25) is 0 Å². The molecule has 2 fully saturated rings. The van der Waals surface area contributed by atoms with Gasteiger partial charge in [-0.3, -0.25) is 0 Å². The first kappa shape index (κ1) is 14.0. The van der Waals surface area contributed by atoms with E-state index in [4.69, 9.17) is 0 Å². The largest absolute Gasteiger partial charge is 0.314 e. The van der Waals surface area contributed by atoms with Crippen molar-refractivity contribution in [2.75, 3.05) is 13.1 Å². The highest BCUT2D eigenvalue weighted by Gasteiger charge is 2.34. The summed E-state index contributed by atoms with van der Waals surface area (Å²) < 4.78 is 12.9. The average Bonchev–Trinajstić information content (AvgIpc) is 3.11. The molecular formula is C17H25FN2. The van der Waals surface area contributed by atoms with Gasteiger partial charge in [-0.25, -0.2) is 4.39 Å². The molecule has 1 heterocycles. The number of nitrogens with one attached hydrogen (secondary N) is 2. The molecule has 1 aliphatic heterocycles. The van der Waals surface area contributed by atoms with E-state index in [1.165, 1.54) is 44.2 Å². The molecule has 2 nitrogen and oxygen atoms in total. The van der Waals surface area contributed by atoms with Crippen LogP contribution in [0.4, 0.5) is 4.39 Å². The molecule has 0 bridgehead atoms. The first-order valence-corrected chi connectivity index (χ1v) is 8.04. The number of hydrogen-bond acceptors (Lipinski definition) is 2. The minimum Gasteiger partial charge on any atom is -0.314 e. The van der Waals surface area contributed by atoms with Crippen molar-refractivity contribution in [1.29, 1.82) is 0 Å². The van der Waals surface area contributed by atoms with Gasteiger partial charge in [-0.05, 0) is 68.8 Å². The molecule has 0 amide bonds. The summed E-state index contributed by atoms with van der Waals surface area (Å²) in [6.45, 7) is 2.20. The first-order chi connectivity index (χ1) is 9.83. The lowest BCUT2D eigenvalue weighted by molar-refractivity contribution is 0.322. The second-order valence-electron chi connectivity index (χ2n) is 6.23. The van der Waals surface area contributed by atoms with E-state index < -0.39 is 0 Å². The second kappa shape index (κ2) is 6.68. The monoisotopic (exact) mass is 276 g/mol. The van der Waals surface area contributed by atoms with Crippen LogP contribution in [0.3, 0.4) is 0 Å². The van der Waals surface area contributed by atoms with Crippen molar-refractivity contribution < 1.29 is 4.39 Å². The Labute approximate surface area is 121 Å². The highest BCUT2D eigenvalue weighted by molar-refractivity contribution is 5.16. The molecule has 0 spiro atoms. The summed E-state index contributed by atoms with van der Waals surface area (Å²) in [5, 5.41) is 7.40. The van der Waals surface area contributed by atoms with Crippen molar-refractivity contribution in [3.63, 3.8) is 0 Å². The van der Waals surface area contributed by atoms with Gasteiger partial charge >= 0.3 is 0 Å². The van der Waals surface area contributed by atoms with Crippen LogP contribution in [0.15, 0.2) is 24.3 Å². The van der Waals surface area contributed by atoms with Crippen molar-refractivity contribution in [3.8, 4) is 0 Å². The normalized spacial score (nSPS) is 29.9. The maximum absolute atomic E-state index is 12.9. The third-order valence-electron chi connectivity index (χ3n) is 4.92. The van der Waals surface area contributed by atoms with Gasteiger partial charge < -0.3 is 10.6 Å². The van der Waals surface area contributed by atoms with Gasteiger partial charge in [0.15, 0.2) is 0 Å². The third-order valence-corrected chi connectivity index (χ3v) is 4.92. The van der Waals surface area contributed by atoms with Crippen LogP contribution >= 0.6 is 0 Å². The fourth-order valence-corrected chi connectivity index (χ4v) is 3.85. The fourth-order valence-electron chi connectivity index (χ4n) is 3.85. The Bertz CT molecular complexity index is 412. The van der Waals surface area contributed by atoms with Gasteiger partial charge in [0.05, 0.1) is 0 Å². The topological polar surface area (TPSA) is 24.1 Å². The lowest BCUT2D eigenvalue weighted by Crippen LogP contribution is -2.42. The van der Waals surface area contributed by atoms with Crippen LogP contribution in [-0.4, -0.2) is 25.2 Å². The Balaban J connectivity index is 1.46. The zero-order valence-electron chi connectivity index (χ0n) is 12.1. The van der Waals surface area contributed by atoms with Crippen molar-refractivity contribution >= 4 is 0 Å². The molecule has 1 saturated carbocycles. The molecule has 2 aliphatic rings. The molecule has 1 aromatic carbocycles. The minimum atomic E-state index is -0.148. The van der Waals surface area contributed by atoms with E-state index in [9.17, 15) is 4.39 Å². The van der Waals surface area contributed by atoms with E-state index in [0.29, 0.717) is 6.04 Å². The van der Waals surface area contributed by atoms with Crippen LogP contribution in [0.25, 0.3) is 0 Å². The Kier molecular flexibility index (Phi) is 4.69. The summed E-state index contributed by atoms with van der Waals surface area (Å²) in [4.78, 5) is 0. The quantitative estimate of drug-likeness (QED) is 0.864. The molecule has 3 heteroatoms. The second-order valence-corrected chi connectivity index (χ2v) is 6.23. The maximum Gasteiger partial charge on any atom is 0.123 e. The van der Waals surface area contributed by atoms with Crippen LogP contribution < -0.4 is 10.6 Å². The maximum atomic E-state index is 12.9. The van der Waals surface area contributed by atoms with Gasteiger partial charge in [0, 0.05) is 12.1 Å². The van der Waals surface area contributed by atoms with Crippen molar-refractivity contribution in [2.24, 2.45) is 5.92 Å². The number of rotatable bonds is 5. The predicted octanol–water partition coefficient (Wildman–Crippen LogP) is 2.88. The fraction of sp³-hybridized carbons (Fsp3) is 0.647. The van der Waals surface area contributed by atoms with E-state index in [0.717, 1.165) is 24.9 Å². The molecule has 2 N–H and O–H groups in total. The van der Waals surface area contributed by atoms with E-state index in [-0.39, 0.29) is 5.82 Å². The predicted molar refractivity (Wildman–Crippen MR) is 80.3 cm³/mol. The standard InChI is InChI=1S/C17H25FN2/c18-14-8-6-13(7-9-14)10-12-20-16-4-1-3-15(16)17-5-2-11-19-17/h6-9,15-17,19-20H,1-5,10-12H2. The molecule has 1 aliphatic carbocycles. The average molecular weight is 276 g/mol. The van der Waals surface area contributed by atoms with Gasteiger partial charge in [-0.1, -0.05) is 18.6 Å². The van der Waals surface area contributed by atoms with Crippen LogP contribution in [0.1, 0.15) is 37.7 Å². The summed E-state index contributed by atoms with van der Waals surface area (Å²) in [5.74, 6) is 0.663. The highest BCUT2D eigenvalue weighted by atomic mass is 19.1. The van der Waals surface area contributed by atoms with E-state index in [2.05, 4.69) is 10.6 Å². The van der Waals surface area contributed by atoms with Gasteiger partial charge in [0.2, 0.25) is 0 Å². The molecule has 0 aromatic heterocycles. The molecule has 3 rings (SSSR count). The smallest absolute Gasteiger partial charge is 0.123 e. The van der Waals surface area contributed by atoms with E-state index in [1.54, 1.807) is 12.1 Å². The lowest BCUT2D eigenvalue weighted by Gasteiger charge is -2.26. The molecule has 1 aromatic rings. The van der Waals surface area contributed by atoms with Gasteiger partial charge in [0.25, 0.3) is 0 Å². The third kappa shape index (κ3) is 3.39. The summed E-state index contributed by atoms with van der Waals surface area (Å²) >= 11 is 0. The number of hydrogen-bond donors (Lipinski definition) is 2. The highest BCUT2D eigenvalue weighted by Crippen LogP contribution is 2.31. The molecule has 20 heavy (non-hydrogen) atoms. The van der Waals surface area contributed by atoms with Gasteiger partial charge in [0.1, 0.15) is 5.82 Å². The Morgan fingerprint density at radius 3 is 2.70 bits per heavy atom. The lowest BCUT2D eigenvalue weighted by atomic mass is 9.93. The molecule has 110 valence electrons. The van der Waals surface area contributed by atoms with E-state index >= 15 is 0 Å². The number of benzene rings is 1. The molecule has 0 radical (unpaired) electrons. The van der Waals surface area contributed by atoms with Crippen molar-refractivity contribution in [2.45, 2.75) is 50.6 Å². The molecule has 3 unspecified atom stereocenters. The SMILES string of the molecule is Fc1ccc(CCNC2CCCC2C2CCCN2)cc1. The molecule has 1 saturated heterocycles. The first-order valence-electron chi connectivity index (χ1n) is 8.04. The van der Waals surface area contributed by atoms with Crippen molar-refractivity contribution in [1.82, 2.24) is 10.6 Å². The Morgan fingerprint density at radius 2 is 1.95 bits per heavy atom. The van der Waals surface area contributed by atoms with Crippen molar-refractivity contribution in [3.05, 3.63) is 35.6 Å². The summed E-state index contributed by atoms with van der Waals surface area (Å²) in [6, 6.07) is 8.29. The van der Waals surface area contributed by atoms with Gasteiger partial charge in [-0.15, -0.1) is 0 Å². The van der Waals surface area contributed by atoms with Crippen LogP contribution in [0.5, 0.6) is 0 Å². The molecule has 3 atom stereocenters. The van der Waals surface area contributed by atoms with Crippen LogP contribution in [0, 0.1) is 11.7 Å². The Morgan fingerprint density at radius 1 is 1.10 bits per heavy atom. The minimum absolute atomic E-state index is 0.148. The van der Waals surface area contributed by atoms with Gasteiger partial charge in [-0.2, -0.15) is 0 Å². The summed E-state index contributed by atoms with van der Waals surface area (Å²) in [6.07, 6.45) is 7.71. The Hall–Kier alpha value is -0.930. The van der Waals surface area contributed by atoms with E-state index in [1.807, 2.05) is 12.1 Å². The van der Waals surface area contributed by atoms with Crippen LogP contribution in [-0.2, 0) is 6.42 Å². The zero-order chi connectivity index (χ0) is 13.8. The zero-order valence-corrected chi connectivity index (χ0v) is 12.1.